The highest BCUT2D eigenvalue weighted by Crippen LogP contribution is 2.22. The molecule has 2 N–H and O–H groups in total. The number of benzene rings is 1. The zero-order valence-corrected chi connectivity index (χ0v) is 12.8. The second-order valence-electron chi connectivity index (χ2n) is 5.73. The number of hydrogen-bond acceptors (Lipinski definition) is 4. The molecule has 0 saturated carbocycles. The van der Waals surface area contributed by atoms with Crippen LogP contribution in [0.5, 0.6) is 0 Å². The molecule has 1 saturated heterocycles. The van der Waals surface area contributed by atoms with Crippen molar-refractivity contribution in [2.75, 3.05) is 33.3 Å². The number of amides is 1. The van der Waals surface area contributed by atoms with E-state index in [0.717, 1.165) is 5.56 Å². The van der Waals surface area contributed by atoms with Crippen LogP contribution in [0.15, 0.2) is 30.3 Å². The van der Waals surface area contributed by atoms with Gasteiger partial charge in [-0.3, -0.25) is 4.79 Å². The number of nitrogens with one attached hydrogen (secondary N) is 1. The van der Waals surface area contributed by atoms with Crippen LogP contribution >= 0.6 is 0 Å². The van der Waals surface area contributed by atoms with E-state index in [1.54, 1.807) is 0 Å². The van der Waals surface area contributed by atoms with Crippen LogP contribution in [0.1, 0.15) is 12.0 Å². The van der Waals surface area contributed by atoms with Crippen LogP contribution in [0.25, 0.3) is 0 Å². The van der Waals surface area contributed by atoms with Gasteiger partial charge in [-0.2, -0.15) is 0 Å². The summed E-state index contributed by atoms with van der Waals surface area (Å²) in [6.45, 7) is 1.09. The van der Waals surface area contributed by atoms with Gasteiger partial charge < -0.3 is 20.1 Å². The molecule has 1 heterocycles. The molecule has 1 aliphatic heterocycles. The molecule has 1 aliphatic rings. The van der Waals surface area contributed by atoms with Crippen molar-refractivity contribution in [3.8, 4) is 0 Å². The van der Waals surface area contributed by atoms with Gasteiger partial charge >= 0.3 is 0 Å². The smallest absolute Gasteiger partial charge is 0.261 e. The summed E-state index contributed by atoms with van der Waals surface area (Å²) in [5.74, 6) is -0.584. The first kappa shape index (κ1) is 16.9. The van der Waals surface area contributed by atoms with Crippen molar-refractivity contribution in [3.05, 3.63) is 35.9 Å². The third kappa shape index (κ3) is 4.50. The molecule has 0 bridgehead atoms. The Balaban J connectivity index is 1.72. The van der Waals surface area contributed by atoms with Crippen LogP contribution in [0.4, 0.5) is 4.39 Å². The van der Waals surface area contributed by atoms with E-state index >= 15 is 0 Å². The van der Waals surface area contributed by atoms with E-state index in [-0.39, 0.29) is 26.1 Å². The van der Waals surface area contributed by atoms with Crippen molar-refractivity contribution in [2.45, 2.75) is 24.8 Å². The Kier molecular flexibility index (Phi) is 5.88. The number of carbonyl (C=O) groups is 1. The van der Waals surface area contributed by atoms with Crippen molar-refractivity contribution < 1.29 is 19.0 Å². The zero-order chi connectivity index (χ0) is 16.0. The molecule has 0 radical (unpaired) electrons. The Labute approximate surface area is 130 Å². The molecule has 5 nitrogen and oxygen atoms in total. The lowest BCUT2D eigenvalue weighted by Gasteiger charge is -2.27. The van der Waals surface area contributed by atoms with Gasteiger partial charge in [0.05, 0.1) is 19.3 Å². The van der Waals surface area contributed by atoms with Crippen molar-refractivity contribution in [1.29, 1.82) is 0 Å². The summed E-state index contributed by atoms with van der Waals surface area (Å²) in [5.41, 5.74) is -0.835. The molecule has 6 heteroatoms. The summed E-state index contributed by atoms with van der Waals surface area (Å²) in [6.07, 6.45) is -0.660. The first-order valence-corrected chi connectivity index (χ1v) is 7.46. The third-order valence-corrected chi connectivity index (χ3v) is 3.74. The summed E-state index contributed by atoms with van der Waals surface area (Å²) < 4.78 is 19.7. The molecule has 2 atom stereocenters. The Hall–Kier alpha value is -1.50. The molecule has 122 valence electrons. The summed E-state index contributed by atoms with van der Waals surface area (Å²) >= 11 is 0. The highest BCUT2D eigenvalue weighted by molar-refractivity contribution is 5.85. The highest BCUT2D eigenvalue weighted by atomic mass is 19.1. The highest BCUT2D eigenvalue weighted by Gasteiger charge is 2.43. The van der Waals surface area contributed by atoms with Gasteiger partial charge in [0.15, 0.2) is 0 Å². The summed E-state index contributed by atoms with van der Waals surface area (Å²) in [5, 5.41) is 12.8. The molecular weight excluding hydrogens is 287 g/mol. The molecule has 1 amide bonds. The average Bonchev–Trinajstić information content (AvgIpc) is 2.95. The van der Waals surface area contributed by atoms with Crippen LogP contribution in [0.3, 0.4) is 0 Å². The topological polar surface area (TPSA) is 61.8 Å². The number of likely N-dealkylation sites (N-methyl/N-ethyl adjacent to an activating group) is 1. The molecule has 22 heavy (non-hydrogen) atoms. The number of nitrogens with zero attached hydrogens (tertiary/aromatic N) is 1. The van der Waals surface area contributed by atoms with Gasteiger partial charge in [-0.1, -0.05) is 30.3 Å². The van der Waals surface area contributed by atoms with Crippen LogP contribution in [0.2, 0.25) is 0 Å². The monoisotopic (exact) mass is 310 g/mol. The number of hydrogen-bond donors (Lipinski definition) is 2. The van der Waals surface area contributed by atoms with E-state index in [1.165, 1.54) is 11.9 Å². The SMILES string of the molecule is CN(CC(O)COCc1ccccc1)C(=O)C1(F)CCNC1. The fraction of sp³-hybridized carbons (Fsp3) is 0.562. The maximum atomic E-state index is 14.3. The van der Waals surface area contributed by atoms with E-state index in [4.69, 9.17) is 4.74 Å². The van der Waals surface area contributed by atoms with Crippen LogP contribution in [-0.4, -0.2) is 61.0 Å². The second-order valence-corrected chi connectivity index (χ2v) is 5.73. The fourth-order valence-electron chi connectivity index (χ4n) is 2.52. The molecule has 2 unspecified atom stereocenters. The van der Waals surface area contributed by atoms with Gasteiger partial charge in [0.2, 0.25) is 5.67 Å². The second kappa shape index (κ2) is 7.67. The van der Waals surface area contributed by atoms with Crippen molar-refractivity contribution >= 4 is 5.91 Å². The zero-order valence-electron chi connectivity index (χ0n) is 12.8. The number of alkyl halides is 1. The predicted molar refractivity (Wildman–Crippen MR) is 81.1 cm³/mol. The standard InChI is InChI=1S/C16H23FN2O3/c1-19(15(21)16(17)7-8-18-12-16)9-14(20)11-22-10-13-5-3-2-4-6-13/h2-6,14,18,20H,7-12H2,1H3. The lowest BCUT2D eigenvalue weighted by molar-refractivity contribution is -0.143. The lowest BCUT2D eigenvalue weighted by Crippen LogP contribution is -2.48. The van der Waals surface area contributed by atoms with Gasteiger partial charge in [-0.05, 0) is 12.1 Å². The Morgan fingerprint density at radius 2 is 2.23 bits per heavy atom. The van der Waals surface area contributed by atoms with Crippen molar-refractivity contribution in [3.63, 3.8) is 0 Å². The van der Waals surface area contributed by atoms with E-state index in [2.05, 4.69) is 5.32 Å². The Morgan fingerprint density at radius 3 is 2.86 bits per heavy atom. The van der Waals surface area contributed by atoms with Crippen molar-refractivity contribution in [2.24, 2.45) is 0 Å². The maximum Gasteiger partial charge on any atom is 0.261 e. The minimum absolute atomic E-state index is 0.0385. The van der Waals surface area contributed by atoms with Crippen molar-refractivity contribution in [1.82, 2.24) is 10.2 Å². The number of aliphatic hydroxyl groups excluding tert-OH is 1. The first-order chi connectivity index (χ1) is 10.5. The van der Waals surface area contributed by atoms with Gasteiger partial charge in [0, 0.05) is 26.6 Å². The molecule has 0 aromatic heterocycles. The number of halogens is 1. The maximum absolute atomic E-state index is 14.3. The van der Waals surface area contributed by atoms with Crippen LogP contribution in [0, 0.1) is 0 Å². The quantitative estimate of drug-likeness (QED) is 0.779. The van der Waals surface area contributed by atoms with E-state index in [1.807, 2.05) is 30.3 Å². The minimum atomic E-state index is -1.85. The molecule has 0 aliphatic carbocycles. The van der Waals surface area contributed by atoms with E-state index < -0.39 is 17.7 Å². The van der Waals surface area contributed by atoms with E-state index in [9.17, 15) is 14.3 Å². The van der Waals surface area contributed by atoms with Gasteiger partial charge in [-0.25, -0.2) is 4.39 Å². The van der Waals surface area contributed by atoms with Gasteiger partial charge in [-0.15, -0.1) is 0 Å². The summed E-state index contributed by atoms with van der Waals surface area (Å²) in [7, 11) is 1.50. The van der Waals surface area contributed by atoms with Crippen LogP contribution in [-0.2, 0) is 16.1 Å². The normalized spacial score (nSPS) is 22.5. The molecular formula is C16H23FN2O3. The summed E-state index contributed by atoms with van der Waals surface area (Å²) in [6, 6.07) is 9.61. The first-order valence-electron chi connectivity index (χ1n) is 7.46. The molecule has 0 spiro atoms. The third-order valence-electron chi connectivity index (χ3n) is 3.74. The fourth-order valence-corrected chi connectivity index (χ4v) is 2.52. The average molecular weight is 310 g/mol. The van der Waals surface area contributed by atoms with Crippen LogP contribution < -0.4 is 5.32 Å². The number of carbonyl (C=O) groups excluding carboxylic acids is 1. The van der Waals surface area contributed by atoms with Gasteiger partial charge in [0.1, 0.15) is 0 Å². The van der Waals surface area contributed by atoms with Gasteiger partial charge in [0.25, 0.3) is 5.91 Å². The molecule has 1 aromatic rings. The predicted octanol–water partition coefficient (Wildman–Crippen LogP) is 0.724. The molecule has 1 fully saturated rings. The number of rotatable bonds is 7. The minimum Gasteiger partial charge on any atom is -0.389 e. The Morgan fingerprint density at radius 1 is 1.50 bits per heavy atom. The molecule has 1 aromatic carbocycles. The van der Waals surface area contributed by atoms with E-state index in [0.29, 0.717) is 13.2 Å². The number of aliphatic hydroxyl groups is 1. The number of ether oxygens (including phenoxy) is 1. The summed E-state index contributed by atoms with van der Waals surface area (Å²) in [4.78, 5) is 13.3. The molecule has 2 rings (SSSR count). The largest absolute Gasteiger partial charge is 0.389 e. The Bertz CT molecular complexity index is 478. The lowest BCUT2D eigenvalue weighted by atomic mass is 10.0.